The number of hydrogen-bond donors (Lipinski definition) is 3. The van der Waals surface area contributed by atoms with Gasteiger partial charge >= 0.3 is 5.97 Å². The van der Waals surface area contributed by atoms with Crippen molar-refractivity contribution >= 4 is 41.1 Å². The third-order valence-electron chi connectivity index (χ3n) is 5.69. The summed E-state index contributed by atoms with van der Waals surface area (Å²) in [5, 5.41) is 29.6. The molecule has 1 heterocycles. The lowest BCUT2D eigenvalue weighted by molar-refractivity contribution is -0.137. The number of halogens is 1. The maximum Gasteiger partial charge on any atom is 0.303 e. The molecule has 1 unspecified atom stereocenters. The summed E-state index contributed by atoms with van der Waals surface area (Å²) in [4.78, 5) is 13.0. The number of aliphatic hydroxyl groups excluding tert-OH is 2. The van der Waals surface area contributed by atoms with Gasteiger partial charge in [-0.1, -0.05) is 18.5 Å². The summed E-state index contributed by atoms with van der Waals surface area (Å²) in [5.41, 5.74) is 0. The lowest BCUT2D eigenvalue weighted by atomic mass is 9.80. The second-order valence-electron chi connectivity index (χ2n) is 7.95. The van der Waals surface area contributed by atoms with E-state index < -0.39 is 18.2 Å². The topological polar surface area (TPSA) is 77.8 Å². The van der Waals surface area contributed by atoms with Gasteiger partial charge in [0.15, 0.2) is 0 Å². The second-order valence-corrected chi connectivity index (χ2v) is 10.1. The fourth-order valence-corrected chi connectivity index (χ4v) is 5.58. The summed E-state index contributed by atoms with van der Waals surface area (Å²) in [6.45, 7) is 2.07. The van der Waals surface area contributed by atoms with Crippen LogP contribution in [0.2, 0.25) is 6.32 Å². The van der Waals surface area contributed by atoms with Gasteiger partial charge in [-0.3, -0.25) is 4.79 Å². The quantitative estimate of drug-likeness (QED) is 0.194. The van der Waals surface area contributed by atoms with E-state index in [1.54, 1.807) is 11.3 Å². The molecular formula is C23H30BBrO4S. The number of aliphatic hydroxyl groups is 2. The number of unbranched alkanes of at least 4 members (excludes halogenated alkanes) is 1. The van der Waals surface area contributed by atoms with Crippen LogP contribution in [0.25, 0.3) is 0 Å². The van der Waals surface area contributed by atoms with E-state index in [-0.39, 0.29) is 24.2 Å². The Morgan fingerprint density at radius 3 is 2.87 bits per heavy atom. The Labute approximate surface area is 193 Å². The molecule has 7 heteroatoms. The van der Waals surface area contributed by atoms with Crippen molar-refractivity contribution in [2.75, 3.05) is 0 Å². The molecule has 0 spiro atoms. The summed E-state index contributed by atoms with van der Waals surface area (Å²) in [6, 6.07) is 2.11. The van der Waals surface area contributed by atoms with E-state index in [9.17, 15) is 15.0 Å². The van der Waals surface area contributed by atoms with Crippen molar-refractivity contribution < 1.29 is 20.1 Å². The fraction of sp³-hybridized carbons (Fsp3) is 0.609. The zero-order valence-electron chi connectivity index (χ0n) is 17.4. The molecule has 1 fully saturated rings. The molecule has 0 aliphatic heterocycles. The molecule has 5 atom stereocenters. The van der Waals surface area contributed by atoms with E-state index in [1.165, 1.54) is 9.75 Å². The molecule has 1 aliphatic rings. The number of carboxylic acids is 1. The molecule has 3 N–H and O–H groups in total. The van der Waals surface area contributed by atoms with E-state index in [0.717, 1.165) is 10.9 Å². The van der Waals surface area contributed by atoms with Gasteiger partial charge in [0, 0.05) is 39.4 Å². The normalized spacial score (nSPS) is 24.7. The van der Waals surface area contributed by atoms with Crippen molar-refractivity contribution in [3.05, 3.63) is 32.4 Å². The Hall–Kier alpha value is -1.07. The number of aliphatic carboxylic acids is 1. The Bertz CT molecular complexity index is 762. The lowest BCUT2D eigenvalue weighted by Gasteiger charge is -2.21. The second kappa shape index (κ2) is 12.7. The van der Waals surface area contributed by atoms with Gasteiger partial charge in [-0.25, -0.2) is 0 Å². The molecule has 0 bridgehead atoms. The average molecular weight is 493 g/mol. The number of rotatable bonds is 10. The van der Waals surface area contributed by atoms with Gasteiger partial charge in [-0.2, -0.15) is 0 Å². The first kappa shape index (κ1) is 25.2. The maximum absolute atomic E-state index is 10.5. The van der Waals surface area contributed by atoms with Crippen LogP contribution in [0.4, 0.5) is 0 Å². The number of hydrogen-bond acceptors (Lipinski definition) is 4. The molecule has 30 heavy (non-hydrogen) atoms. The predicted octanol–water partition coefficient (Wildman–Crippen LogP) is 4.52. The van der Waals surface area contributed by atoms with Crippen molar-refractivity contribution in [2.45, 2.75) is 70.4 Å². The van der Waals surface area contributed by atoms with Gasteiger partial charge in [-0.05, 0) is 66.4 Å². The molecule has 0 saturated heterocycles. The summed E-state index contributed by atoms with van der Waals surface area (Å²) in [5.74, 6) is 5.58. The minimum Gasteiger partial charge on any atom is -0.481 e. The summed E-state index contributed by atoms with van der Waals surface area (Å²) >= 11 is 5.27. The minimum absolute atomic E-state index is 0.00938. The van der Waals surface area contributed by atoms with E-state index in [1.807, 2.05) is 12.2 Å². The molecule has 1 aliphatic carbocycles. The van der Waals surface area contributed by atoms with Crippen LogP contribution < -0.4 is 0 Å². The van der Waals surface area contributed by atoms with Crippen LogP contribution in [0.3, 0.4) is 0 Å². The van der Waals surface area contributed by atoms with Gasteiger partial charge in [0.25, 0.3) is 0 Å². The first-order valence-corrected chi connectivity index (χ1v) is 12.1. The Morgan fingerprint density at radius 2 is 2.23 bits per heavy atom. The largest absolute Gasteiger partial charge is 0.481 e. The molecule has 0 aromatic carbocycles. The minimum atomic E-state index is -0.806. The van der Waals surface area contributed by atoms with Gasteiger partial charge in [0.2, 0.25) is 0 Å². The molecule has 0 amide bonds. The molecule has 1 aromatic rings. The fourth-order valence-electron chi connectivity index (χ4n) is 3.96. The van der Waals surface area contributed by atoms with Gasteiger partial charge in [0.05, 0.1) is 20.1 Å². The van der Waals surface area contributed by atoms with Gasteiger partial charge in [-0.15, -0.1) is 23.2 Å². The summed E-state index contributed by atoms with van der Waals surface area (Å²) in [6.07, 6.45) is 7.25. The Kier molecular flexibility index (Phi) is 10.7. The zero-order chi connectivity index (χ0) is 22.1. The molecule has 1 aromatic heterocycles. The van der Waals surface area contributed by atoms with Crippen molar-refractivity contribution in [1.29, 1.82) is 0 Å². The highest BCUT2D eigenvalue weighted by Crippen LogP contribution is 2.41. The van der Waals surface area contributed by atoms with Gasteiger partial charge < -0.3 is 15.3 Å². The van der Waals surface area contributed by atoms with E-state index in [4.69, 9.17) is 13.0 Å². The van der Waals surface area contributed by atoms with Crippen LogP contribution in [0.1, 0.15) is 48.3 Å². The molecule has 162 valence electrons. The van der Waals surface area contributed by atoms with Crippen molar-refractivity contribution in [1.82, 2.24) is 0 Å². The van der Waals surface area contributed by atoms with Crippen LogP contribution in [0.5, 0.6) is 0 Å². The highest BCUT2D eigenvalue weighted by atomic mass is 79.9. The Balaban J connectivity index is 1.90. The molecule has 1 saturated carbocycles. The number of carbonyl (C=O) groups is 1. The SMILES string of the molecule is [B]C[C@@H]1CC(O)[C@H](CC#CCCCC(=O)O)[C@H]1C=C[C@@H](O)CCc1cc(Br)c(C)s1. The lowest BCUT2D eigenvalue weighted by Crippen LogP contribution is -2.19. The number of aryl methyl sites for hydroxylation is 2. The van der Waals surface area contributed by atoms with Crippen molar-refractivity contribution in [3.8, 4) is 11.8 Å². The highest BCUT2D eigenvalue weighted by Gasteiger charge is 2.39. The van der Waals surface area contributed by atoms with Crippen LogP contribution in [0.15, 0.2) is 22.7 Å². The van der Waals surface area contributed by atoms with Crippen LogP contribution >= 0.6 is 27.3 Å². The van der Waals surface area contributed by atoms with Gasteiger partial charge in [0.1, 0.15) is 0 Å². The number of carboxylic acid groups (broad SMARTS) is 1. The van der Waals surface area contributed by atoms with E-state index >= 15 is 0 Å². The third kappa shape index (κ3) is 7.88. The van der Waals surface area contributed by atoms with Crippen molar-refractivity contribution in [2.24, 2.45) is 17.8 Å². The first-order valence-electron chi connectivity index (χ1n) is 10.5. The monoisotopic (exact) mass is 492 g/mol. The first-order chi connectivity index (χ1) is 14.3. The Morgan fingerprint density at radius 1 is 1.47 bits per heavy atom. The maximum atomic E-state index is 10.5. The number of allylic oxidation sites excluding steroid dienone is 1. The van der Waals surface area contributed by atoms with Crippen LogP contribution in [-0.2, 0) is 11.2 Å². The molecule has 2 radical (unpaired) electrons. The molecule has 4 nitrogen and oxygen atoms in total. The van der Waals surface area contributed by atoms with Crippen molar-refractivity contribution in [3.63, 3.8) is 0 Å². The third-order valence-corrected chi connectivity index (χ3v) is 7.88. The zero-order valence-corrected chi connectivity index (χ0v) is 19.8. The van der Waals surface area contributed by atoms with E-state index in [2.05, 4.69) is 40.8 Å². The summed E-state index contributed by atoms with van der Waals surface area (Å²) in [7, 11) is 5.93. The standard InChI is InChI=1S/C23H30BBrO4S/c1-15-21(25)13-18(30-15)10-8-17(26)9-11-19-16(14-24)12-22(27)20(19)6-4-2-3-5-7-23(28)29/h9,11,13,16-17,19-20,22,26-27H,3,5-8,10,12,14H2,1H3,(H,28,29)/t16-,17-,19-,20+,22?/m0/s1. The average Bonchev–Trinajstić information content (AvgIpc) is 3.19. The summed E-state index contributed by atoms with van der Waals surface area (Å²) < 4.78 is 1.12. The molecule has 2 rings (SSSR count). The van der Waals surface area contributed by atoms with Crippen LogP contribution in [0, 0.1) is 36.5 Å². The van der Waals surface area contributed by atoms with Crippen LogP contribution in [-0.4, -0.2) is 41.3 Å². The molecular weight excluding hydrogens is 463 g/mol. The smallest absolute Gasteiger partial charge is 0.303 e. The predicted molar refractivity (Wildman–Crippen MR) is 126 cm³/mol. The van der Waals surface area contributed by atoms with E-state index in [0.29, 0.717) is 38.4 Å². The number of thiophene rings is 1. The highest BCUT2D eigenvalue weighted by molar-refractivity contribution is 9.10.